The zero-order valence-corrected chi connectivity index (χ0v) is 18.6. The highest BCUT2D eigenvalue weighted by atomic mass is 79.9. The van der Waals surface area contributed by atoms with Gasteiger partial charge in [0.1, 0.15) is 5.60 Å². The number of likely N-dealkylation sites (tertiary alicyclic amines) is 1. The molecule has 6 heteroatoms. The number of rotatable bonds is 4. The lowest BCUT2D eigenvalue weighted by molar-refractivity contribution is -0.126. The molecule has 0 spiro atoms. The minimum absolute atomic E-state index is 0.0515. The number of carbonyl (C=O) groups excluding carboxylic acids is 2. The maximum atomic E-state index is 12.6. The number of benzene rings is 1. The highest BCUT2D eigenvalue weighted by Crippen LogP contribution is 2.25. The Kier molecular flexibility index (Phi) is 6.95. The number of ether oxygens (including phenoxy) is 1. The van der Waals surface area contributed by atoms with Crippen molar-refractivity contribution in [2.45, 2.75) is 58.5 Å². The molecule has 150 valence electrons. The molecule has 0 aliphatic carbocycles. The zero-order valence-electron chi connectivity index (χ0n) is 17.0. The van der Waals surface area contributed by atoms with E-state index in [0.717, 1.165) is 4.47 Å². The first-order valence-electron chi connectivity index (χ1n) is 9.50. The van der Waals surface area contributed by atoms with Crippen LogP contribution in [0.25, 0.3) is 0 Å². The monoisotopic (exact) mass is 438 g/mol. The molecule has 5 nitrogen and oxygen atoms in total. The zero-order chi connectivity index (χ0) is 20.2. The average molecular weight is 439 g/mol. The Morgan fingerprint density at radius 3 is 2.19 bits per heavy atom. The molecule has 1 saturated heterocycles. The van der Waals surface area contributed by atoms with Gasteiger partial charge >= 0.3 is 6.09 Å². The van der Waals surface area contributed by atoms with Crippen molar-refractivity contribution in [1.29, 1.82) is 0 Å². The maximum absolute atomic E-state index is 12.6. The fraction of sp³-hybridized carbons (Fsp3) is 0.619. The van der Waals surface area contributed by atoms with Crippen molar-refractivity contribution in [3.05, 3.63) is 34.3 Å². The molecule has 2 amide bonds. The molecule has 2 rings (SSSR count). The van der Waals surface area contributed by atoms with E-state index >= 15 is 0 Å². The summed E-state index contributed by atoms with van der Waals surface area (Å²) >= 11 is 3.45. The van der Waals surface area contributed by atoms with E-state index < -0.39 is 5.60 Å². The molecular formula is C21H31BrN2O3. The predicted molar refractivity (Wildman–Crippen MR) is 111 cm³/mol. The second kappa shape index (κ2) is 8.63. The topological polar surface area (TPSA) is 58.6 Å². The second-order valence-corrected chi connectivity index (χ2v) is 9.77. The van der Waals surface area contributed by atoms with Gasteiger partial charge in [-0.2, -0.15) is 0 Å². The number of amides is 2. The number of piperidine rings is 1. The second-order valence-electron chi connectivity index (χ2n) is 8.85. The molecule has 27 heavy (non-hydrogen) atoms. The Balaban J connectivity index is 1.82. The van der Waals surface area contributed by atoms with Crippen LogP contribution in [0.15, 0.2) is 28.7 Å². The lowest BCUT2D eigenvalue weighted by Gasteiger charge is -2.33. The van der Waals surface area contributed by atoms with E-state index in [2.05, 4.69) is 47.2 Å². The SMILES string of the molecule is CC(C)(C)OC(=O)N1CCC(C(=O)NCC(C)(C)c2ccc(Br)cc2)CC1. The molecule has 1 aromatic rings. The first kappa shape index (κ1) is 21.7. The van der Waals surface area contributed by atoms with Crippen LogP contribution in [0.5, 0.6) is 0 Å². The molecule has 0 bridgehead atoms. The lowest BCUT2D eigenvalue weighted by atomic mass is 9.84. The summed E-state index contributed by atoms with van der Waals surface area (Å²) in [4.78, 5) is 26.4. The summed E-state index contributed by atoms with van der Waals surface area (Å²) in [5.74, 6) is 0.0217. The molecular weight excluding hydrogens is 408 g/mol. The summed E-state index contributed by atoms with van der Waals surface area (Å²) in [6.07, 6.45) is 1.05. The van der Waals surface area contributed by atoms with Crippen LogP contribution < -0.4 is 5.32 Å². The van der Waals surface area contributed by atoms with E-state index in [9.17, 15) is 9.59 Å². The first-order valence-corrected chi connectivity index (χ1v) is 10.3. The Hall–Kier alpha value is -1.56. The molecule has 0 unspecified atom stereocenters. The van der Waals surface area contributed by atoms with Gasteiger partial charge < -0.3 is 15.0 Å². The normalized spacial score (nSPS) is 16.1. The number of nitrogens with one attached hydrogen (secondary N) is 1. The van der Waals surface area contributed by atoms with Gasteiger partial charge in [0, 0.05) is 35.4 Å². The highest BCUT2D eigenvalue weighted by Gasteiger charge is 2.31. The lowest BCUT2D eigenvalue weighted by Crippen LogP contribution is -2.46. The number of hydrogen-bond donors (Lipinski definition) is 1. The van der Waals surface area contributed by atoms with Crippen LogP contribution in [0.2, 0.25) is 0 Å². The van der Waals surface area contributed by atoms with E-state index in [1.807, 2.05) is 32.9 Å². The fourth-order valence-electron chi connectivity index (χ4n) is 3.11. The van der Waals surface area contributed by atoms with Crippen LogP contribution in [0.4, 0.5) is 4.79 Å². The Morgan fingerprint density at radius 2 is 1.67 bits per heavy atom. The fourth-order valence-corrected chi connectivity index (χ4v) is 3.37. The Labute approximate surface area is 171 Å². The van der Waals surface area contributed by atoms with Crippen molar-refractivity contribution >= 4 is 27.9 Å². The number of hydrogen-bond acceptors (Lipinski definition) is 3. The molecule has 0 aromatic heterocycles. The van der Waals surface area contributed by atoms with E-state index in [1.165, 1.54) is 5.56 Å². The Bertz CT molecular complexity index is 657. The van der Waals surface area contributed by atoms with Gasteiger partial charge in [0.15, 0.2) is 0 Å². The van der Waals surface area contributed by atoms with Gasteiger partial charge in [-0.15, -0.1) is 0 Å². The smallest absolute Gasteiger partial charge is 0.410 e. The standard InChI is InChI=1S/C21H31BrN2O3/c1-20(2,3)27-19(26)24-12-10-15(11-13-24)18(25)23-14-21(4,5)16-6-8-17(22)9-7-16/h6-9,15H,10-14H2,1-5H3,(H,23,25). The van der Waals surface area contributed by atoms with E-state index in [4.69, 9.17) is 4.74 Å². The average Bonchev–Trinajstić information content (AvgIpc) is 2.59. The van der Waals surface area contributed by atoms with Crippen LogP contribution in [-0.2, 0) is 14.9 Å². The number of carbonyl (C=O) groups is 2. The molecule has 1 aliphatic rings. The maximum Gasteiger partial charge on any atom is 0.410 e. The molecule has 1 aliphatic heterocycles. The summed E-state index contributed by atoms with van der Waals surface area (Å²) in [5, 5.41) is 3.10. The van der Waals surface area contributed by atoms with Crippen molar-refractivity contribution < 1.29 is 14.3 Å². The van der Waals surface area contributed by atoms with E-state index in [0.29, 0.717) is 32.5 Å². The van der Waals surface area contributed by atoms with Gasteiger partial charge in [-0.3, -0.25) is 4.79 Å². The van der Waals surface area contributed by atoms with Crippen LogP contribution in [0, 0.1) is 5.92 Å². The molecule has 1 N–H and O–H groups in total. The third-order valence-corrected chi connectivity index (χ3v) is 5.38. The van der Waals surface area contributed by atoms with E-state index in [-0.39, 0.29) is 23.3 Å². The van der Waals surface area contributed by atoms with Crippen molar-refractivity contribution in [3.8, 4) is 0 Å². The summed E-state index contributed by atoms with van der Waals surface area (Å²) in [5.41, 5.74) is 0.544. The van der Waals surface area contributed by atoms with Crippen LogP contribution in [0.1, 0.15) is 53.0 Å². The Morgan fingerprint density at radius 1 is 1.11 bits per heavy atom. The van der Waals surface area contributed by atoms with Crippen molar-refractivity contribution in [3.63, 3.8) is 0 Å². The van der Waals surface area contributed by atoms with Gasteiger partial charge in [-0.05, 0) is 51.3 Å². The summed E-state index contributed by atoms with van der Waals surface area (Å²) < 4.78 is 6.45. The highest BCUT2D eigenvalue weighted by molar-refractivity contribution is 9.10. The third-order valence-electron chi connectivity index (χ3n) is 4.85. The minimum atomic E-state index is -0.496. The number of halogens is 1. The van der Waals surface area contributed by atoms with Gasteiger partial charge in [-0.1, -0.05) is 41.9 Å². The summed E-state index contributed by atoms with van der Waals surface area (Å²) in [7, 11) is 0. The molecule has 1 aromatic carbocycles. The van der Waals surface area contributed by atoms with Gasteiger partial charge in [0.05, 0.1) is 0 Å². The third kappa shape index (κ3) is 6.52. The molecule has 0 atom stereocenters. The predicted octanol–water partition coefficient (Wildman–Crippen LogP) is 4.49. The molecule has 0 radical (unpaired) electrons. The van der Waals surface area contributed by atoms with Crippen molar-refractivity contribution in [2.24, 2.45) is 5.92 Å². The summed E-state index contributed by atoms with van der Waals surface area (Å²) in [6.45, 7) is 11.5. The van der Waals surface area contributed by atoms with Crippen LogP contribution in [0.3, 0.4) is 0 Å². The largest absolute Gasteiger partial charge is 0.444 e. The van der Waals surface area contributed by atoms with Crippen LogP contribution in [-0.4, -0.2) is 42.1 Å². The molecule has 0 saturated carbocycles. The van der Waals surface area contributed by atoms with Crippen molar-refractivity contribution in [1.82, 2.24) is 10.2 Å². The molecule has 1 heterocycles. The number of nitrogens with zero attached hydrogens (tertiary/aromatic N) is 1. The first-order chi connectivity index (χ1) is 12.5. The summed E-state index contributed by atoms with van der Waals surface area (Å²) in [6, 6.07) is 8.20. The molecule has 1 fully saturated rings. The van der Waals surface area contributed by atoms with Crippen LogP contribution >= 0.6 is 15.9 Å². The van der Waals surface area contributed by atoms with E-state index in [1.54, 1.807) is 4.90 Å². The quantitative estimate of drug-likeness (QED) is 0.752. The van der Waals surface area contributed by atoms with Crippen molar-refractivity contribution in [2.75, 3.05) is 19.6 Å². The van der Waals surface area contributed by atoms with Gasteiger partial charge in [0.25, 0.3) is 0 Å². The van der Waals surface area contributed by atoms with Gasteiger partial charge in [0.2, 0.25) is 5.91 Å². The van der Waals surface area contributed by atoms with Gasteiger partial charge in [-0.25, -0.2) is 4.79 Å². The minimum Gasteiger partial charge on any atom is -0.444 e.